The van der Waals surface area contributed by atoms with Crippen LogP contribution in [0.5, 0.6) is 0 Å². The van der Waals surface area contributed by atoms with E-state index in [1.54, 1.807) is 18.2 Å². The van der Waals surface area contributed by atoms with Gasteiger partial charge < -0.3 is 9.88 Å². The lowest BCUT2D eigenvalue weighted by Gasteiger charge is -2.11. The van der Waals surface area contributed by atoms with Gasteiger partial charge in [0.15, 0.2) is 5.16 Å². The monoisotopic (exact) mass is 498 g/mol. The number of carbonyl (C=O) groups is 1. The zero-order valence-electron chi connectivity index (χ0n) is 17.9. The number of fused-ring (bicyclic) bond motifs is 1. The number of rotatable bonds is 9. The minimum Gasteiger partial charge on any atom is -0.323 e. The quantitative estimate of drug-likeness (QED) is 0.435. The molecule has 2 aromatic carbocycles. The summed E-state index contributed by atoms with van der Waals surface area (Å²) in [6.45, 7) is 2.75. The fourth-order valence-electron chi connectivity index (χ4n) is 3.01. The maximum absolute atomic E-state index is 13.9. The molecule has 11 heteroatoms. The van der Waals surface area contributed by atoms with Crippen LogP contribution in [0, 0.1) is 5.82 Å². The normalized spacial score (nSPS) is 11.9. The second-order valence-electron chi connectivity index (χ2n) is 7.30. The largest absolute Gasteiger partial charge is 0.323 e. The van der Waals surface area contributed by atoms with Crippen LogP contribution in [-0.4, -0.2) is 48.0 Å². The highest BCUT2D eigenvalue weighted by Crippen LogP contribution is 2.28. The van der Waals surface area contributed by atoms with Crippen molar-refractivity contribution in [3.63, 3.8) is 0 Å². The summed E-state index contributed by atoms with van der Waals surface area (Å²) in [5.74, 6) is -0.984. The molecule has 32 heavy (non-hydrogen) atoms. The van der Waals surface area contributed by atoms with Gasteiger partial charge in [-0.2, -0.15) is 0 Å². The summed E-state index contributed by atoms with van der Waals surface area (Å²) < 4.78 is 42.0. The van der Waals surface area contributed by atoms with Gasteiger partial charge in [-0.05, 0) is 42.8 Å². The zero-order valence-corrected chi connectivity index (χ0v) is 20.3. The molecule has 1 aromatic heterocycles. The van der Waals surface area contributed by atoms with Crippen LogP contribution in [0.1, 0.15) is 19.8 Å². The molecule has 3 aromatic rings. The number of thioether (sulfide) groups is 1. The van der Waals surface area contributed by atoms with Crippen molar-refractivity contribution in [2.75, 3.05) is 25.2 Å². The van der Waals surface area contributed by atoms with Crippen LogP contribution in [0.15, 0.2) is 46.5 Å². The van der Waals surface area contributed by atoms with Gasteiger partial charge in [0.1, 0.15) is 5.82 Å². The van der Waals surface area contributed by atoms with E-state index < -0.39 is 15.8 Å². The van der Waals surface area contributed by atoms with Crippen molar-refractivity contribution in [2.24, 2.45) is 0 Å². The maximum atomic E-state index is 13.9. The minimum atomic E-state index is -3.59. The second-order valence-corrected chi connectivity index (χ2v) is 10.8. The number of aryl methyl sites for hydroxylation is 1. The fourth-order valence-corrected chi connectivity index (χ4v) is 4.93. The van der Waals surface area contributed by atoms with Gasteiger partial charge >= 0.3 is 0 Å². The molecular formula is C21H24ClFN4O3S2. The Kier molecular flexibility index (Phi) is 7.81. The lowest BCUT2D eigenvalue weighted by molar-refractivity contribution is -0.113. The first-order valence-corrected chi connectivity index (χ1v) is 12.7. The third-order valence-electron chi connectivity index (χ3n) is 4.74. The number of sulfonamides is 1. The molecule has 0 saturated carbocycles. The van der Waals surface area contributed by atoms with Gasteiger partial charge in [0.25, 0.3) is 0 Å². The predicted molar refractivity (Wildman–Crippen MR) is 126 cm³/mol. The third-order valence-corrected chi connectivity index (χ3v) is 7.76. The number of halogens is 2. The summed E-state index contributed by atoms with van der Waals surface area (Å²) in [5.41, 5.74) is 1.39. The van der Waals surface area contributed by atoms with E-state index in [0.717, 1.165) is 28.7 Å². The Morgan fingerprint density at radius 3 is 2.66 bits per heavy atom. The molecule has 1 heterocycles. The summed E-state index contributed by atoms with van der Waals surface area (Å²) in [6.07, 6.45) is 1.87. The number of benzene rings is 2. The molecule has 1 N–H and O–H groups in total. The van der Waals surface area contributed by atoms with Crippen molar-refractivity contribution in [1.29, 1.82) is 0 Å². The smallest absolute Gasteiger partial charge is 0.242 e. The highest BCUT2D eigenvalue weighted by molar-refractivity contribution is 7.99. The van der Waals surface area contributed by atoms with Gasteiger partial charge in [-0.1, -0.05) is 36.7 Å². The van der Waals surface area contributed by atoms with E-state index in [1.165, 1.54) is 38.0 Å². The van der Waals surface area contributed by atoms with Crippen LogP contribution < -0.4 is 5.32 Å². The van der Waals surface area contributed by atoms with Crippen molar-refractivity contribution in [3.8, 4) is 0 Å². The van der Waals surface area contributed by atoms with E-state index >= 15 is 0 Å². The zero-order chi connectivity index (χ0) is 23.5. The highest BCUT2D eigenvalue weighted by atomic mass is 35.5. The van der Waals surface area contributed by atoms with Gasteiger partial charge in [0.05, 0.1) is 27.4 Å². The average Bonchev–Trinajstić information content (AvgIpc) is 3.09. The highest BCUT2D eigenvalue weighted by Gasteiger charge is 2.20. The number of hydrogen-bond donors (Lipinski definition) is 1. The number of carbonyl (C=O) groups excluding carboxylic acids is 1. The van der Waals surface area contributed by atoms with Crippen LogP contribution in [0.25, 0.3) is 11.0 Å². The number of nitrogens with one attached hydrogen (secondary N) is 1. The van der Waals surface area contributed by atoms with Gasteiger partial charge in [-0.25, -0.2) is 22.1 Å². The molecule has 3 rings (SSSR count). The van der Waals surface area contributed by atoms with Crippen molar-refractivity contribution in [3.05, 3.63) is 47.2 Å². The maximum Gasteiger partial charge on any atom is 0.242 e. The lowest BCUT2D eigenvalue weighted by atomic mass is 10.3. The fraction of sp³-hybridized carbons (Fsp3) is 0.333. The van der Waals surface area contributed by atoms with Crippen molar-refractivity contribution >= 4 is 56.0 Å². The Labute approximate surface area is 196 Å². The van der Waals surface area contributed by atoms with Gasteiger partial charge in [0.2, 0.25) is 15.9 Å². The minimum absolute atomic E-state index is 0.0143. The first-order valence-electron chi connectivity index (χ1n) is 9.94. The van der Waals surface area contributed by atoms with E-state index in [0.29, 0.717) is 17.2 Å². The Morgan fingerprint density at radius 1 is 1.25 bits per heavy atom. The van der Waals surface area contributed by atoms with E-state index in [4.69, 9.17) is 11.6 Å². The number of unbranched alkanes of at least 4 members (excludes halogenated alkanes) is 1. The third kappa shape index (κ3) is 5.43. The molecule has 7 nitrogen and oxygen atoms in total. The van der Waals surface area contributed by atoms with Crippen LogP contribution in [0.4, 0.5) is 10.1 Å². The molecule has 0 saturated heterocycles. The molecule has 0 bridgehead atoms. The molecule has 172 valence electrons. The molecule has 0 unspecified atom stereocenters. The summed E-state index contributed by atoms with van der Waals surface area (Å²) >= 11 is 6.95. The van der Waals surface area contributed by atoms with E-state index in [-0.39, 0.29) is 27.3 Å². The Hall–Kier alpha value is -2.14. The lowest BCUT2D eigenvalue weighted by Crippen LogP contribution is -2.22. The summed E-state index contributed by atoms with van der Waals surface area (Å²) in [5, 5.41) is 3.37. The van der Waals surface area contributed by atoms with E-state index in [2.05, 4.69) is 17.2 Å². The predicted octanol–water partition coefficient (Wildman–Crippen LogP) is 4.61. The molecule has 0 spiro atoms. The number of aromatic nitrogens is 2. The molecule has 0 aliphatic heterocycles. The number of imidazole rings is 1. The first-order chi connectivity index (χ1) is 15.1. The average molecular weight is 499 g/mol. The standard InChI is InChI=1S/C21H24ClFN4O3S2/c1-4-5-10-27-19-9-7-15(32(29,30)26(2)3)12-18(19)25-21(27)31-13-20(28)24-17-8-6-14(22)11-16(17)23/h6-9,11-12H,4-5,10,13H2,1-3H3,(H,24,28). The molecule has 1 amide bonds. The molecule has 0 aliphatic rings. The van der Waals surface area contributed by atoms with Crippen LogP contribution in [0.2, 0.25) is 5.02 Å². The Balaban J connectivity index is 1.84. The number of amides is 1. The van der Waals surface area contributed by atoms with Gasteiger partial charge in [-0.15, -0.1) is 0 Å². The van der Waals surface area contributed by atoms with Crippen molar-refractivity contribution in [1.82, 2.24) is 13.9 Å². The van der Waals surface area contributed by atoms with Crippen LogP contribution in [0.3, 0.4) is 0 Å². The SMILES string of the molecule is CCCCn1c(SCC(=O)Nc2ccc(Cl)cc2F)nc2cc(S(=O)(=O)N(C)C)ccc21. The first kappa shape index (κ1) is 24.5. The van der Waals surface area contributed by atoms with Gasteiger partial charge in [0, 0.05) is 25.7 Å². The van der Waals surface area contributed by atoms with Crippen molar-refractivity contribution in [2.45, 2.75) is 36.4 Å². The number of nitrogens with zero attached hydrogens (tertiary/aromatic N) is 3. The summed E-state index contributed by atoms with van der Waals surface area (Å²) in [7, 11) is -0.638. The number of hydrogen-bond acceptors (Lipinski definition) is 5. The van der Waals surface area contributed by atoms with Crippen molar-refractivity contribution < 1.29 is 17.6 Å². The van der Waals surface area contributed by atoms with Crippen LogP contribution in [-0.2, 0) is 21.4 Å². The molecule has 0 atom stereocenters. The topological polar surface area (TPSA) is 84.3 Å². The molecular weight excluding hydrogens is 475 g/mol. The Morgan fingerprint density at radius 2 is 2.00 bits per heavy atom. The van der Waals surface area contributed by atoms with Gasteiger partial charge in [-0.3, -0.25) is 4.79 Å². The summed E-state index contributed by atoms with van der Waals surface area (Å²) in [6, 6.07) is 8.88. The molecule has 0 fully saturated rings. The Bertz CT molecular complexity index is 1250. The molecule has 0 aliphatic carbocycles. The van der Waals surface area contributed by atoms with E-state index in [1.807, 2.05) is 4.57 Å². The number of anilines is 1. The molecule has 0 radical (unpaired) electrons. The van der Waals surface area contributed by atoms with E-state index in [9.17, 15) is 17.6 Å². The van der Waals surface area contributed by atoms with Crippen LogP contribution >= 0.6 is 23.4 Å². The summed E-state index contributed by atoms with van der Waals surface area (Å²) in [4.78, 5) is 17.1. The second kappa shape index (κ2) is 10.2.